The summed E-state index contributed by atoms with van der Waals surface area (Å²) in [5.41, 5.74) is 1.00. The molecule has 0 saturated carbocycles. The highest BCUT2D eigenvalue weighted by Gasteiger charge is 2.13. The maximum absolute atomic E-state index is 12.0. The number of nitrogens with zero attached hydrogens (tertiary/aromatic N) is 1. The van der Waals surface area contributed by atoms with Gasteiger partial charge < -0.3 is 5.32 Å². The smallest absolute Gasteiger partial charge is 0.290 e. The minimum absolute atomic E-state index is 0.0531. The van der Waals surface area contributed by atoms with Gasteiger partial charge in [-0.05, 0) is 31.2 Å². The number of hydrogen-bond donors (Lipinski definition) is 1. The lowest BCUT2D eigenvalue weighted by Crippen LogP contribution is -2.40. The molecule has 0 fully saturated rings. The van der Waals surface area contributed by atoms with Crippen LogP contribution >= 0.6 is 23.2 Å². The molecule has 21 heavy (non-hydrogen) atoms. The second kappa shape index (κ2) is 6.70. The van der Waals surface area contributed by atoms with Gasteiger partial charge in [0, 0.05) is 11.1 Å². The number of carbonyl (C=O) groups excluding carboxylic acids is 2. The molecule has 2 rings (SSSR count). The van der Waals surface area contributed by atoms with Gasteiger partial charge >= 0.3 is 0 Å². The van der Waals surface area contributed by atoms with E-state index in [1.165, 1.54) is 6.92 Å². The van der Waals surface area contributed by atoms with Crippen LogP contribution in [-0.4, -0.2) is 11.7 Å². The zero-order valence-electron chi connectivity index (χ0n) is 11.3. The first-order valence-electron chi connectivity index (χ1n) is 6.20. The van der Waals surface area contributed by atoms with Crippen molar-refractivity contribution < 1.29 is 14.2 Å². The number of rotatable bonds is 4. The van der Waals surface area contributed by atoms with Crippen molar-refractivity contribution in [2.45, 2.75) is 13.5 Å². The SMILES string of the molecule is CC(=O)c1ccc[n+](CC(=O)Nc2cc(Cl)ccc2Cl)c1. The summed E-state index contributed by atoms with van der Waals surface area (Å²) >= 11 is 11.8. The van der Waals surface area contributed by atoms with Crippen LogP contribution in [0.15, 0.2) is 42.7 Å². The molecule has 0 unspecified atom stereocenters. The van der Waals surface area contributed by atoms with Gasteiger partial charge in [0.05, 0.1) is 16.3 Å². The number of ketones is 1. The Bertz CT molecular complexity index is 702. The van der Waals surface area contributed by atoms with Gasteiger partial charge in [0.25, 0.3) is 5.91 Å². The fraction of sp³-hybridized carbons (Fsp3) is 0.133. The lowest BCUT2D eigenvalue weighted by Gasteiger charge is -2.06. The van der Waals surface area contributed by atoms with Gasteiger partial charge in [-0.1, -0.05) is 23.2 Å². The number of nitrogens with one attached hydrogen (secondary N) is 1. The molecule has 108 valence electrons. The number of aromatic nitrogens is 1. The summed E-state index contributed by atoms with van der Waals surface area (Å²) in [7, 11) is 0. The Morgan fingerprint density at radius 1 is 1.24 bits per heavy atom. The average Bonchev–Trinajstić information content (AvgIpc) is 2.43. The number of benzene rings is 1. The molecule has 1 aromatic heterocycles. The molecule has 0 aliphatic rings. The number of halogens is 2. The lowest BCUT2D eigenvalue weighted by atomic mass is 10.2. The van der Waals surface area contributed by atoms with Gasteiger partial charge in [-0.25, -0.2) is 0 Å². The molecule has 0 saturated heterocycles. The Morgan fingerprint density at radius 3 is 2.71 bits per heavy atom. The Kier molecular flexibility index (Phi) is 4.94. The van der Waals surface area contributed by atoms with E-state index in [-0.39, 0.29) is 18.2 Å². The molecule has 1 N–H and O–H groups in total. The van der Waals surface area contributed by atoms with Gasteiger partial charge in [-0.2, -0.15) is 4.57 Å². The van der Waals surface area contributed by atoms with Crippen molar-refractivity contribution in [3.05, 3.63) is 58.3 Å². The summed E-state index contributed by atoms with van der Waals surface area (Å²) in [6.45, 7) is 1.55. The minimum Gasteiger partial charge on any atom is -0.319 e. The molecule has 1 aromatic carbocycles. The quantitative estimate of drug-likeness (QED) is 0.694. The Labute approximate surface area is 132 Å². The summed E-state index contributed by atoms with van der Waals surface area (Å²) in [4.78, 5) is 23.3. The molecule has 0 aliphatic carbocycles. The van der Waals surface area contributed by atoms with Crippen LogP contribution in [0.2, 0.25) is 10.0 Å². The highest BCUT2D eigenvalue weighted by molar-refractivity contribution is 6.35. The average molecular weight is 324 g/mol. The van der Waals surface area contributed by atoms with Crippen LogP contribution < -0.4 is 9.88 Å². The number of pyridine rings is 1. The largest absolute Gasteiger partial charge is 0.319 e. The van der Waals surface area contributed by atoms with Crippen LogP contribution in [0.4, 0.5) is 5.69 Å². The summed E-state index contributed by atoms with van der Waals surface area (Å²) in [5, 5.41) is 3.59. The summed E-state index contributed by atoms with van der Waals surface area (Å²) in [6.07, 6.45) is 3.34. The van der Waals surface area contributed by atoms with E-state index >= 15 is 0 Å². The van der Waals surface area contributed by atoms with E-state index in [1.807, 2.05) is 0 Å². The standard InChI is InChI=1S/C15H12Cl2N2O2/c1-10(20)11-3-2-6-19(8-11)9-15(21)18-14-7-12(16)4-5-13(14)17/h2-8H,9H2,1H3/p+1. The van der Waals surface area contributed by atoms with Crippen LogP contribution in [0.1, 0.15) is 17.3 Å². The van der Waals surface area contributed by atoms with E-state index < -0.39 is 0 Å². The van der Waals surface area contributed by atoms with Crippen LogP contribution in [0, 0.1) is 0 Å². The highest BCUT2D eigenvalue weighted by atomic mass is 35.5. The van der Waals surface area contributed by atoms with Crippen molar-refractivity contribution >= 4 is 40.6 Å². The fourth-order valence-corrected chi connectivity index (χ4v) is 2.11. The monoisotopic (exact) mass is 323 g/mol. The highest BCUT2D eigenvalue weighted by Crippen LogP contribution is 2.25. The maximum atomic E-state index is 12.0. The van der Waals surface area contributed by atoms with Crippen LogP contribution in [0.3, 0.4) is 0 Å². The van der Waals surface area contributed by atoms with Gasteiger partial charge in [0.15, 0.2) is 18.2 Å². The van der Waals surface area contributed by atoms with Crippen LogP contribution in [-0.2, 0) is 11.3 Å². The Hall–Kier alpha value is -1.91. The molecule has 1 heterocycles. The van der Waals surface area contributed by atoms with E-state index in [1.54, 1.807) is 47.3 Å². The first kappa shape index (κ1) is 15.5. The lowest BCUT2D eigenvalue weighted by molar-refractivity contribution is -0.684. The molecule has 0 spiro atoms. The van der Waals surface area contributed by atoms with Crippen molar-refractivity contribution in [1.82, 2.24) is 0 Å². The molecule has 0 radical (unpaired) electrons. The topological polar surface area (TPSA) is 50.0 Å². The first-order valence-corrected chi connectivity index (χ1v) is 6.96. The molecule has 0 atom stereocenters. The fourth-order valence-electron chi connectivity index (χ4n) is 1.78. The van der Waals surface area contributed by atoms with E-state index in [9.17, 15) is 9.59 Å². The molecule has 6 heteroatoms. The predicted molar refractivity (Wildman–Crippen MR) is 81.7 cm³/mol. The molecule has 0 bridgehead atoms. The predicted octanol–water partition coefficient (Wildman–Crippen LogP) is 3.12. The second-order valence-corrected chi connectivity index (χ2v) is 5.34. The molecular weight excluding hydrogens is 311 g/mol. The van der Waals surface area contributed by atoms with Gasteiger partial charge in [0.1, 0.15) is 0 Å². The van der Waals surface area contributed by atoms with Gasteiger partial charge in [-0.3, -0.25) is 9.59 Å². The first-order chi connectivity index (χ1) is 9.95. The van der Waals surface area contributed by atoms with Gasteiger partial charge in [0.2, 0.25) is 6.54 Å². The number of hydrogen-bond acceptors (Lipinski definition) is 2. The van der Waals surface area contributed by atoms with Crippen molar-refractivity contribution in [2.24, 2.45) is 0 Å². The Balaban J connectivity index is 2.10. The summed E-state index contributed by atoms with van der Waals surface area (Å²) in [6, 6.07) is 8.26. The molecule has 1 amide bonds. The molecule has 2 aromatic rings. The van der Waals surface area contributed by atoms with E-state index in [0.717, 1.165) is 0 Å². The Morgan fingerprint density at radius 2 is 2.00 bits per heavy atom. The molecule has 4 nitrogen and oxygen atoms in total. The zero-order chi connectivity index (χ0) is 15.4. The zero-order valence-corrected chi connectivity index (χ0v) is 12.8. The van der Waals surface area contributed by atoms with Gasteiger partial charge in [-0.15, -0.1) is 0 Å². The van der Waals surface area contributed by atoms with Crippen molar-refractivity contribution in [1.29, 1.82) is 0 Å². The molecule has 0 aliphatic heterocycles. The number of amides is 1. The second-order valence-electron chi connectivity index (χ2n) is 4.49. The third-order valence-electron chi connectivity index (χ3n) is 2.79. The number of Topliss-reactive ketones (excluding diaryl/α,β-unsaturated/α-hetero) is 1. The number of anilines is 1. The van der Waals surface area contributed by atoms with Crippen molar-refractivity contribution in [2.75, 3.05) is 5.32 Å². The van der Waals surface area contributed by atoms with Crippen molar-refractivity contribution in [3.63, 3.8) is 0 Å². The third-order valence-corrected chi connectivity index (χ3v) is 3.36. The number of carbonyl (C=O) groups is 2. The van der Waals surface area contributed by atoms with E-state index in [0.29, 0.717) is 21.3 Å². The van der Waals surface area contributed by atoms with E-state index in [2.05, 4.69) is 5.32 Å². The summed E-state index contributed by atoms with van der Waals surface area (Å²) in [5.74, 6) is -0.312. The maximum Gasteiger partial charge on any atom is 0.290 e. The third kappa shape index (κ3) is 4.28. The van der Waals surface area contributed by atoms with Crippen LogP contribution in [0.25, 0.3) is 0 Å². The minimum atomic E-state index is -0.259. The van der Waals surface area contributed by atoms with Crippen LogP contribution in [0.5, 0.6) is 0 Å². The normalized spacial score (nSPS) is 10.2. The van der Waals surface area contributed by atoms with Crippen molar-refractivity contribution in [3.8, 4) is 0 Å². The molecular formula is C15H13Cl2N2O2+. The summed E-state index contributed by atoms with van der Waals surface area (Å²) < 4.78 is 1.63. The van der Waals surface area contributed by atoms with E-state index in [4.69, 9.17) is 23.2 Å².